The predicted octanol–water partition coefficient (Wildman–Crippen LogP) is 3.08. The van der Waals surface area contributed by atoms with Crippen molar-refractivity contribution in [1.82, 2.24) is 15.0 Å². The molecule has 0 unspecified atom stereocenters. The molecule has 0 saturated heterocycles. The summed E-state index contributed by atoms with van der Waals surface area (Å²) in [5.74, 6) is 0. The number of hydrogen-bond acceptors (Lipinski definition) is 3. The standard InChI is InChI=1S/C16H20N4/c1-16(2,3)15-14(12-17)18-19-20(15)11-7-10-13-8-5-4-6-9-13/h4-6,8-9H,7,10-11H2,1-3H3. The molecule has 0 spiro atoms. The van der Waals surface area contributed by atoms with E-state index in [4.69, 9.17) is 5.26 Å². The Kier molecular flexibility index (Phi) is 4.19. The SMILES string of the molecule is CC(C)(C)c1c(C#N)nnn1CCCc1ccccc1. The van der Waals surface area contributed by atoms with Gasteiger partial charge in [0.2, 0.25) is 0 Å². The maximum Gasteiger partial charge on any atom is 0.186 e. The van der Waals surface area contributed by atoms with E-state index in [1.165, 1.54) is 5.56 Å². The van der Waals surface area contributed by atoms with Crippen molar-refractivity contribution in [3.63, 3.8) is 0 Å². The topological polar surface area (TPSA) is 54.5 Å². The molecule has 0 bridgehead atoms. The molecule has 1 aromatic heterocycles. The van der Waals surface area contributed by atoms with Crippen molar-refractivity contribution < 1.29 is 0 Å². The second-order valence-corrected chi connectivity index (χ2v) is 5.96. The van der Waals surface area contributed by atoms with Crippen LogP contribution in [0.1, 0.15) is 44.1 Å². The largest absolute Gasteiger partial charge is 0.247 e. The summed E-state index contributed by atoms with van der Waals surface area (Å²) in [5.41, 5.74) is 2.57. The highest BCUT2D eigenvalue weighted by Gasteiger charge is 2.25. The lowest BCUT2D eigenvalue weighted by Crippen LogP contribution is -2.20. The Hall–Kier alpha value is -2.15. The number of nitriles is 1. The minimum Gasteiger partial charge on any atom is -0.247 e. The minimum absolute atomic E-state index is 0.124. The maximum atomic E-state index is 9.13. The zero-order valence-electron chi connectivity index (χ0n) is 12.3. The highest BCUT2D eigenvalue weighted by atomic mass is 15.4. The molecule has 0 radical (unpaired) electrons. The van der Waals surface area contributed by atoms with E-state index in [0.717, 1.165) is 25.1 Å². The van der Waals surface area contributed by atoms with Crippen LogP contribution < -0.4 is 0 Å². The van der Waals surface area contributed by atoms with Gasteiger partial charge in [0.05, 0.1) is 5.69 Å². The lowest BCUT2D eigenvalue weighted by Gasteiger charge is -2.19. The van der Waals surface area contributed by atoms with E-state index in [1.54, 1.807) is 0 Å². The fraction of sp³-hybridized carbons (Fsp3) is 0.438. The zero-order valence-corrected chi connectivity index (χ0v) is 12.3. The van der Waals surface area contributed by atoms with Gasteiger partial charge in [-0.25, -0.2) is 4.68 Å². The van der Waals surface area contributed by atoms with Crippen molar-refractivity contribution in [1.29, 1.82) is 5.26 Å². The van der Waals surface area contributed by atoms with Gasteiger partial charge in [0.25, 0.3) is 0 Å². The van der Waals surface area contributed by atoms with E-state index in [9.17, 15) is 0 Å². The Morgan fingerprint density at radius 2 is 1.90 bits per heavy atom. The molecule has 2 aromatic rings. The Morgan fingerprint density at radius 3 is 2.50 bits per heavy atom. The molecule has 104 valence electrons. The molecule has 2 rings (SSSR count). The van der Waals surface area contributed by atoms with Gasteiger partial charge in [0, 0.05) is 12.0 Å². The summed E-state index contributed by atoms with van der Waals surface area (Å²) in [5, 5.41) is 17.2. The molecule has 0 fully saturated rings. The second-order valence-electron chi connectivity index (χ2n) is 5.96. The second kappa shape index (κ2) is 5.87. The molecule has 1 aromatic carbocycles. The summed E-state index contributed by atoms with van der Waals surface area (Å²) in [7, 11) is 0. The quantitative estimate of drug-likeness (QED) is 0.856. The Bertz CT molecular complexity index is 600. The number of benzene rings is 1. The van der Waals surface area contributed by atoms with Gasteiger partial charge in [-0.05, 0) is 18.4 Å². The van der Waals surface area contributed by atoms with Gasteiger partial charge < -0.3 is 0 Å². The summed E-state index contributed by atoms with van der Waals surface area (Å²) in [6, 6.07) is 12.5. The normalized spacial score (nSPS) is 11.3. The van der Waals surface area contributed by atoms with Crippen LogP contribution in [0.25, 0.3) is 0 Å². The van der Waals surface area contributed by atoms with Crippen LogP contribution in [0.5, 0.6) is 0 Å². The summed E-state index contributed by atoms with van der Waals surface area (Å²) < 4.78 is 1.88. The third kappa shape index (κ3) is 3.24. The van der Waals surface area contributed by atoms with E-state index in [0.29, 0.717) is 5.69 Å². The average molecular weight is 268 g/mol. The lowest BCUT2D eigenvalue weighted by atomic mass is 9.90. The molecular formula is C16H20N4. The number of aryl methyl sites for hydroxylation is 2. The van der Waals surface area contributed by atoms with Crippen molar-refractivity contribution in [2.75, 3.05) is 0 Å². The number of rotatable bonds is 4. The smallest absolute Gasteiger partial charge is 0.186 e. The molecule has 20 heavy (non-hydrogen) atoms. The fourth-order valence-corrected chi connectivity index (χ4v) is 2.36. The van der Waals surface area contributed by atoms with Gasteiger partial charge in [-0.3, -0.25) is 0 Å². The van der Waals surface area contributed by atoms with Crippen LogP contribution in [0.3, 0.4) is 0 Å². The van der Waals surface area contributed by atoms with Crippen molar-refractivity contribution in [3.05, 3.63) is 47.3 Å². The molecule has 0 amide bonds. The van der Waals surface area contributed by atoms with Crippen LogP contribution in [-0.4, -0.2) is 15.0 Å². The van der Waals surface area contributed by atoms with Gasteiger partial charge in [0.15, 0.2) is 5.69 Å². The highest BCUT2D eigenvalue weighted by molar-refractivity contribution is 5.30. The summed E-state index contributed by atoms with van der Waals surface area (Å²) in [6.45, 7) is 7.04. The summed E-state index contributed by atoms with van der Waals surface area (Å²) in [4.78, 5) is 0. The van der Waals surface area contributed by atoms with Crippen LogP contribution in [-0.2, 0) is 18.4 Å². The van der Waals surface area contributed by atoms with Crippen molar-refractivity contribution in [2.24, 2.45) is 0 Å². The lowest BCUT2D eigenvalue weighted by molar-refractivity contribution is 0.468. The molecule has 4 nitrogen and oxygen atoms in total. The Balaban J connectivity index is 2.07. The number of aromatic nitrogens is 3. The van der Waals surface area contributed by atoms with Crippen molar-refractivity contribution >= 4 is 0 Å². The van der Waals surface area contributed by atoms with Crippen molar-refractivity contribution in [3.8, 4) is 6.07 Å². The monoisotopic (exact) mass is 268 g/mol. The molecular weight excluding hydrogens is 248 g/mol. The van der Waals surface area contributed by atoms with Crippen LogP contribution in [0.15, 0.2) is 30.3 Å². The van der Waals surface area contributed by atoms with Gasteiger partial charge in [0.1, 0.15) is 6.07 Å². The van der Waals surface area contributed by atoms with Crippen LogP contribution >= 0.6 is 0 Å². The van der Waals surface area contributed by atoms with Crippen molar-refractivity contribution in [2.45, 2.75) is 45.6 Å². The molecule has 0 N–H and O–H groups in total. The number of nitrogens with zero attached hydrogens (tertiary/aromatic N) is 4. The van der Waals surface area contributed by atoms with E-state index in [1.807, 2.05) is 10.7 Å². The summed E-state index contributed by atoms with van der Waals surface area (Å²) in [6.07, 6.45) is 1.99. The van der Waals surface area contributed by atoms with E-state index < -0.39 is 0 Å². The van der Waals surface area contributed by atoms with Crippen LogP contribution in [0.4, 0.5) is 0 Å². The minimum atomic E-state index is -0.124. The average Bonchev–Trinajstić information content (AvgIpc) is 2.83. The first-order valence-electron chi connectivity index (χ1n) is 6.90. The van der Waals surface area contributed by atoms with E-state index in [2.05, 4.69) is 61.4 Å². The molecule has 0 aliphatic carbocycles. The maximum absolute atomic E-state index is 9.13. The predicted molar refractivity (Wildman–Crippen MR) is 78.2 cm³/mol. The first kappa shape index (κ1) is 14.3. The Labute approximate surface area is 120 Å². The molecule has 0 saturated carbocycles. The van der Waals surface area contributed by atoms with Gasteiger partial charge in [-0.1, -0.05) is 56.3 Å². The number of hydrogen-bond donors (Lipinski definition) is 0. The molecule has 0 atom stereocenters. The third-order valence-corrected chi connectivity index (χ3v) is 3.23. The molecule has 0 aliphatic heterocycles. The first-order chi connectivity index (χ1) is 9.52. The Morgan fingerprint density at radius 1 is 1.20 bits per heavy atom. The first-order valence-corrected chi connectivity index (χ1v) is 6.90. The van der Waals surface area contributed by atoms with Gasteiger partial charge >= 0.3 is 0 Å². The molecule has 0 aliphatic rings. The van der Waals surface area contributed by atoms with Crippen LogP contribution in [0.2, 0.25) is 0 Å². The van der Waals surface area contributed by atoms with Gasteiger partial charge in [-0.15, -0.1) is 5.10 Å². The van der Waals surface area contributed by atoms with E-state index in [-0.39, 0.29) is 5.41 Å². The third-order valence-electron chi connectivity index (χ3n) is 3.23. The van der Waals surface area contributed by atoms with E-state index >= 15 is 0 Å². The highest BCUT2D eigenvalue weighted by Crippen LogP contribution is 2.24. The summed E-state index contributed by atoms with van der Waals surface area (Å²) >= 11 is 0. The molecule has 4 heteroatoms. The van der Waals surface area contributed by atoms with Gasteiger partial charge in [-0.2, -0.15) is 5.26 Å². The zero-order chi connectivity index (χ0) is 14.6. The molecule has 1 heterocycles. The fourth-order valence-electron chi connectivity index (χ4n) is 2.36. The van der Waals surface area contributed by atoms with Crippen LogP contribution in [0, 0.1) is 11.3 Å².